The van der Waals surface area contributed by atoms with E-state index in [4.69, 9.17) is 19.8 Å². The van der Waals surface area contributed by atoms with Crippen molar-refractivity contribution in [3.8, 4) is 11.8 Å². The van der Waals surface area contributed by atoms with Crippen molar-refractivity contribution in [3.63, 3.8) is 0 Å². The number of rotatable bonds is 4. The van der Waals surface area contributed by atoms with Gasteiger partial charge in [0.05, 0.1) is 24.8 Å². The van der Waals surface area contributed by atoms with E-state index in [2.05, 4.69) is 0 Å². The van der Waals surface area contributed by atoms with Gasteiger partial charge in [0.1, 0.15) is 5.75 Å². The molecule has 0 aromatic heterocycles. The summed E-state index contributed by atoms with van der Waals surface area (Å²) in [6.07, 6.45) is -0.853. The van der Waals surface area contributed by atoms with Gasteiger partial charge >= 0.3 is 5.97 Å². The van der Waals surface area contributed by atoms with Crippen LogP contribution in [0, 0.1) is 11.3 Å². The van der Waals surface area contributed by atoms with Crippen LogP contribution < -0.4 is 4.74 Å². The molecule has 0 saturated carbocycles. The van der Waals surface area contributed by atoms with E-state index in [1.54, 1.807) is 25.1 Å². The van der Waals surface area contributed by atoms with Crippen molar-refractivity contribution in [2.75, 3.05) is 19.8 Å². The van der Waals surface area contributed by atoms with Crippen LogP contribution in [0.2, 0.25) is 0 Å². The monoisotopic (exact) mass is 304 g/mol. The molecule has 7 heteroatoms. The number of ether oxygens (including phenoxy) is 2. The van der Waals surface area contributed by atoms with Gasteiger partial charge in [0.2, 0.25) is 0 Å². The third-order valence-electron chi connectivity index (χ3n) is 3.32. The number of morpholine rings is 1. The summed E-state index contributed by atoms with van der Waals surface area (Å²) in [7, 11) is 0. The van der Waals surface area contributed by atoms with E-state index in [1.165, 1.54) is 11.0 Å². The van der Waals surface area contributed by atoms with Gasteiger partial charge in [-0.1, -0.05) is 6.07 Å². The summed E-state index contributed by atoms with van der Waals surface area (Å²) in [5, 5.41) is 18.0. The summed E-state index contributed by atoms with van der Waals surface area (Å²) in [6.45, 7) is 2.03. The van der Waals surface area contributed by atoms with Gasteiger partial charge in [0.25, 0.3) is 5.91 Å². The Kier molecular flexibility index (Phi) is 4.96. The molecule has 1 fully saturated rings. The number of carbonyl (C=O) groups excluding carboxylic acids is 1. The molecule has 1 saturated heterocycles. The topological polar surface area (TPSA) is 99.9 Å². The largest absolute Gasteiger partial charge is 0.481 e. The van der Waals surface area contributed by atoms with Crippen molar-refractivity contribution < 1.29 is 24.2 Å². The molecule has 1 N–H and O–H groups in total. The molecule has 1 aliphatic heterocycles. The second-order valence-electron chi connectivity index (χ2n) is 4.86. The minimum atomic E-state index is -1.10. The van der Waals surface area contributed by atoms with E-state index < -0.39 is 24.0 Å². The van der Waals surface area contributed by atoms with Crippen LogP contribution in [0.25, 0.3) is 0 Å². The second kappa shape index (κ2) is 6.91. The Balaban J connectivity index is 2.07. The van der Waals surface area contributed by atoms with E-state index in [1.807, 2.05) is 6.07 Å². The molecule has 1 aromatic carbocycles. The van der Waals surface area contributed by atoms with Crippen molar-refractivity contribution in [1.82, 2.24) is 4.90 Å². The number of hydrogen-bond donors (Lipinski definition) is 1. The standard InChI is InChI=1S/C15H16N2O5/c1-10(22-12-4-2-3-11(7-12)8-16)14(18)17-5-6-21-9-13(17)15(19)20/h2-4,7,10,13H,5-6,9H2,1H3,(H,19,20)/t10-,13-/m1/s1. The maximum Gasteiger partial charge on any atom is 0.328 e. The predicted octanol–water partition coefficient (Wildman–Crippen LogP) is 0.638. The van der Waals surface area contributed by atoms with Gasteiger partial charge in [0.15, 0.2) is 12.1 Å². The Bertz CT molecular complexity index is 610. The van der Waals surface area contributed by atoms with E-state index >= 15 is 0 Å². The fraction of sp³-hybridized carbons (Fsp3) is 0.400. The van der Waals surface area contributed by atoms with E-state index in [9.17, 15) is 9.59 Å². The summed E-state index contributed by atoms with van der Waals surface area (Å²) >= 11 is 0. The van der Waals surface area contributed by atoms with Crippen LogP contribution in [0.4, 0.5) is 0 Å². The van der Waals surface area contributed by atoms with Gasteiger partial charge in [-0.05, 0) is 25.1 Å². The summed E-state index contributed by atoms with van der Waals surface area (Å²) < 4.78 is 10.6. The van der Waals surface area contributed by atoms with Crippen molar-refractivity contribution in [1.29, 1.82) is 5.26 Å². The Morgan fingerprint density at radius 3 is 3.00 bits per heavy atom. The minimum absolute atomic E-state index is 0.0300. The van der Waals surface area contributed by atoms with E-state index in [-0.39, 0.29) is 13.2 Å². The average molecular weight is 304 g/mol. The number of hydrogen-bond acceptors (Lipinski definition) is 5. The number of nitrogens with zero attached hydrogens (tertiary/aromatic N) is 2. The first-order chi connectivity index (χ1) is 10.5. The predicted molar refractivity (Wildman–Crippen MR) is 75.2 cm³/mol. The first kappa shape index (κ1) is 15.8. The quantitative estimate of drug-likeness (QED) is 0.876. The lowest BCUT2D eigenvalue weighted by Gasteiger charge is -2.34. The lowest BCUT2D eigenvalue weighted by molar-refractivity contribution is -0.161. The van der Waals surface area contributed by atoms with Crippen LogP contribution in [-0.2, 0) is 14.3 Å². The van der Waals surface area contributed by atoms with Crippen molar-refractivity contribution in [2.24, 2.45) is 0 Å². The molecule has 1 aliphatic rings. The van der Waals surface area contributed by atoms with Crippen LogP contribution in [0.15, 0.2) is 24.3 Å². The maximum atomic E-state index is 12.4. The van der Waals surface area contributed by atoms with Crippen molar-refractivity contribution in [2.45, 2.75) is 19.1 Å². The maximum absolute atomic E-state index is 12.4. The Labute approximate surface area is 127 Å². The molecule has 7 nitrogen and oxygen atoms in total. The van der Waals surface area contributed by atoms with Crippen LogP contribution >= 0.6 is 0 Å². The molecule has 22 heavy (non-hydrogen) atoms. The molecule has 0 aliphatic carbocycles. The van der Waals surface area contributed by atoms with Gasteiger partial charge in [0, 0.05) is 6.54 Å². The summed E-state index contributed by atoms with van der Waals surface area (Å²) in [4.78, 5) is 24.8. The third kappa shape index (κ3) is 3.54. The molecular formula is C15H16N2O5. The number of carboxylic acid groups (broad SMARTS) is 1. The molecule has 1 amide bonds. The fourth-order valence-corrected chi connectivity index (χ4v) is 2.20. The number of aliphatic carboxylic acids is 1. The molecule has 2 atom stereocenters. The van der Waals surface area contributed by atoms with Gasteiger partial charge in [-0.25, -0.2) is 4.79 Å². The first-order valence-corrected chi connectivity index (χ1v) is 6.80. The van der Waals surface area contributed by atoms with Gasteiger partial charge < -0.3 is 19.5 Å². The van der Waals surface area contributed by atoms with E-state index in [0.29, 0.717) is 17.9 Å². The van der Waals surface area contributed by atoms with Gasteiger partial charge in [-0.15, -0.1) is 0 Å². The summed E-state index contributed by atoms with van der Waals surface area (Å²) in [6, 6.07) is 7.43. The number of carboxylic acids is 1. The molecular weight excluding hydrogens is 288 g/mol. The smallest absolute Gasteiger partial charge is 0.328 e. The zero-order chi connectivity index (χ0) is 16.1. The highest BCUT2D eigenvalue weighted by atomic mass is 16.5. The number of benzene rings is 1. The molecule has 0 unspecified atom stereocenters. The average Bonchev–Trinajstić information content (AvgIpc) is 2.54. The van der Waals surface area contributed by atoms with Crippen molar-refractivity contribution in [3.05, 3.63) is 29.8 Å². The zero-order valence-electron chi connectivity index (χ0n) is 12.1. The third-order valence-corrected chi connectivity index (χ3v) is 3.32. The van der Waals surface area contributed by atoms with E-state index in [0.717, 1.165) is 0 Å². The fourth-order valence-electron chi connectivity index (χ4n) is 2.20. The Morgan fingerprint density at radius 1 is 1.55 bits per heavy atom. The highest BCUT2D eigenvalue weighted by Gasteiger charge is 2.35. The molecule has 2 rings (SSSR count). The van der Waals surface area contributed by atoms with Crippen LogP contribution in [0.3, 0.4) is 0 Å². The lowest BCUT2D eigenvalue weighted by atomic mass is 10.2. The molecule has 0 bridgehead atoms. The number of nitriles is 1. The Hall–Kier alpha value is -2.59. The lowest BCUT2D eigenvalue weighted by Crippen LogP contribution is -2.55. The first-order valence-electron chi connectivity index (χ1n) is 6.80. The molecule has 1 aromatic rings. The van der Waals surface area contributed by atoms with Gasteiger partial charge in [-0.3, -0.25) is 4.79 Å². The molecule has 1 heterocycles. The summed E-state index contributed by atoms with van der Waals surface area (Å²) in [5.74, 6) is -1.13. The van der Waals surface area contributed by atoms with Crippen LogP contribution in [-0.4, -0.2) is 53.8 Å². The Morgan fingerprint density at radius 2 is 2.32 bits per heavy atom. The SMILES string of the molecule is C[C@@H](Oc1cccc(C#N)c1)C(=O)N1CCOC[C@@H]1C(=O)O. The molecule has 116 valence electrons. The summed E-state index contributed by atoms with van der Waals surface area (Å²) in [5.41, 5.74) is 0.423. The number of amides is 1. The van der Waals surface area contributed by atoms with Crippen LogP contribution in [0.1, 0.15) is 12.5 Å². The van der Waals surface area contributed by atoms with Gasteiger partial charge in [-0.2, -0.15) is 5.26 Å². The second-order valence-corrected chi connectivity index (χ2v) is 4.86. The normalized spacial score (nSPS) is 19.1. The number of carbonyl (C=O) groups is 2. The minimum Gasteiger partial charge on any atom is -0.481 e. The highest BCUT2D eigenvalue weighted by molar-refractivity contribution is 5.86. The molecule has 0 spiro atoms. The molecule has 0 radical (unpaired) electrons. The zero-order valence-corrected chi connectivity index (χ0v) is 12.1. The van der Waals surface area contributed by atoms with Crippen LogP contribution in [0.5, 0.6) is 5.75 Å². The highest BCUT2D eigenvalue weighted by Crippen LogP contribution is 2.17. The van der Waals surface area contributed by atoms with Crippen molar-refractivity contribution >= 4 is 11.9 Å².